The molecule has 1 aliphatic heterocycles. The van der Waals surface area contributed by atoms with Gasteiger partial charge < -0.3 is 10.6 Å². The first-order valence-corrected chi connectivity index (χ1v) is 11.7. The highest BCUT2D eigenvalue weighted by atomic mass is 35.5. The first-order chi connectivity index (χ1) is 16.3. The van der Waals surface area contributed by atoms with E-state index in [-0.39, 0.29) is 16.1 Å². The molecule has 0 radical (unpaired) electrons. The molecule has 1 saturated heterocycles. The number of fused-ring (bicyclic) bond motifs is 1. The first-order valence-electron chi connectivity index (χ1n) is 11.3. The van der Waals surface area contributed by atoms with Crippen LogP contribution in [0.25, 0.3) is 11.1 Å². The van der Waals surface area contributed by atoms with E-state index >= 15 is 0 Å². The number of halogens is 2. The van der Waals surface area contributed by atoms with Crippen molar-refractivity contribution >= 4 is 23.5 Å². The lowest BCUT2D eigenvalue weighted by atomic mass is 9.69. The summed E-state index contributed by atoms with van der Waals surface area (Å²) in [7, 11) is 0. The molecule has 8 heteroatoms. The fourth-order valence-electron chi connectivity index (χ4n) is 5.65. The third-order valence-corrected chi connectivity index (χ3v) is 7.66. The van der Waals surface area contributed by atoms with Crippen LogP contribution in [0, 0.1) is 18.3 Å². The molecule has 1 aromatic carbocycles. The Hall–Kier alpha value is -3.32. The molecule has 1 fully saturated rings. The van der Waals surface area contributed by atoms with E-state index < -0.39 is 11.9 Å². The van der Waals surface area contributed by atoms with E-state index in [9.17, 15) is 9.18 Å². The van der Waals surface area contributed by atoms with E-state index in [4.69, 9.17) is 17.3 Å². The number of nitrogens with two attached hydrogens (primary N) is 1. The van der Waals surface area contributed by atoms with Crippen LogP contribution in [-0.4, -0.2) is 33.9 Å². The molecular weight excluding hydrogens is 453 g/mol. The summed E-state index contributed by atoms with van der Waals surface area (Å²) in [6.07, 6.45) is 6.31. The van der Waals surface area contributed by atoms with Crippen LogP contribution in [0.4, 0.5) is 10.3 Å². The van der Waals surface area contributed by atoms with Crippen molar-refractivity contribution in [1.29, 1.82) is 0 Å². The summed E-state index contributed by atoms with van der Waals surface area (Å²) in [6.45, 7) is 7.38. The van der Waals surface area contributed by atoms with Crippen molar-refractivity contribution in [2.45, 2.75) is 32.1 Å². The normalized spacial score (nSPS) is 18.7. The maximum absolute atomic E-state index is 14.0. The van der Waals surface area contributed by atoms with E-state index in [1.54, 1.807) is 6.92 Å². The summed E-state index contributed by atoms with van der Waals surface area (Å²) in [6, 6.07) is 10.1. The summed E-state index contributed by atoms with van der Waals surface area (Å²) < 4.78 is 14.0. The number of piperidine rings is 1. The molecule has 3 aromatic rings. The number of nitrogens with zero attached hydrogens (tertiary/aromatic N) is 4. The fourth-order valence-corrected chi connectivity index (χ4v) is 5.85. The lowest BCUT2D eigenvalue weighted by molar-refractivity contribution is 0.0996. The molecule has 1 atom stereocenters. The molecule has 2 N–H and O–H groups in total. The van der Waals surface area contributed by atoms with Crippen LogP contribution < -0.4 is 10.6 Å². The Morgan fingerprint density at radius 2 is 2.00 bits per heavy atom. The minimum absolute atomic E-state index is 0.0209. The topological polar surface area (TPSA) is 85.0 Å². The second-order valence-electron chi connectivity index (χ2n) is 9.10. The van der Waals surface area contributed by atoms with E-state index in [2.05, 4.69) is 56.8 Å². The number of amides is 1. The Morgan fingerprint density at radius 3 is 2.71 bits per heavy atom. The zero-order chi connectivity index (χ0) is 24.0. The van der Waals surface area contributed by atoms with Gasteiger partial charge in [-0.15, -0.1) is 6.58 Å². The summed E-state index contributed by atoms with van der Waals surface area (Å²) in [4.78, 5) is 27.2. The lowest BCUT2D eigenvalue weighted by Gasteiger charge is -2.42. The van der Waals surface area contributed by atoms with Gasteiger partial charge in [-0.05, 0) is 48.8 Å². The van der Waals surface area contributed by atoms with Crippen LogP contribution in [0.3, 0.4) is 0 Å². The van der Waals surface area contributed by atoms with Crippen LogP contribution in [0.5, 0.6) is 0 Å². The molecule has 2 aliphatic rings. The van der Waals surface area contributed by atoms with E-state index in [0.29, 0.717) is 28.7 Å². The summed E-state index contributed by atoms with van der Waals surface area (Å²) in [5.74, 6) is -0.780. The second-order valence-corrected chi connectivity index (χ2v) is 9.48. The minimum atomic E-state index is -0.825. The van der Waals surface area contributed by atoms with Gasteiger partial charge in [-0.1, -0.05) is 41.9 Å². The predicted octanol–water partition coefficient (Wildman–Crippen LogP) is 4.85. The third kappa shape index (κ3) is 3.55. The number of hydrogen-bond acceptors (Lipinski definition) is 5. The molecule has 1 spiro atoms. The maximum atomic E-state index is 14.0. The third-order valence-electron chi connectivity index (χ3n) is 7.30. The van der Waals surface area contributed by atoms with Crippen molar-refractivity contribution in [1.82, 2.24) is 15.0 Å². The highest BCUT2D eigenvalue weighted by molar-refractivity contribution is 6.33. The van der Waals surface area contributed by atoms with Crippen molar-refractivity contribution in [3.63, 3.8) is 0 Å². The van der Waals surface area contributed by atoms with Gasteiger partial charge in [0, 0.05) is 36.3 Å². The highest BCUT2D eigenvalue weighted by Gasteiger charge is 2.46. The minimum Gasteiger partial charge on any atom is -0.364 e. The molecule has 0 saturated carbocycles. The van der Waals surface area contributed by atoms with Crippen molar-refractivity contribution in [3.05, 3.63) is 82.7 Å². The average molecular weight is 478 g/mol. The first kappa shape index (κ1) is 22.5. The number of primary amides is 1. The number of aromatic nitrogens is 3. The van der Waals surface area contributed by atoms with Gasteiger partial charge in [0.2, 0.25) is 11.9 Å². The number of aryl methyl sites for hydroxylation is 1. The maximum Gasteiger partial charge on any atom is 0.268 e. The Balaban J connectivity index is 1.46. The summed E-state index contributed by atoms with van der Waals surface area (Å²) >= 11 is 6.14. The van der Waals surface area contributed by atoms with Crippen LogP contribution in [0.15, 0.2) is 49.2 Å². The molecule has 0 bridgehead atoms. The van der Waals surface area contributed by atoms with Gasteiger partial charge in [0.1, 0.15) is 10.7 Å². The van der Waals surface area contributed by atoms with Crippen molar-refractivity contribution < 1.29 is 9.18 Å². The second kappa shape index (κ2) is 8.47. The van der Waals surface area contributed by atoms with E-state index in [0.717, 1.165) is 32.4 Å². The molecular formula is C26H25ClFN5O. The number of carbonyl (C=O) groups excluding carboxylic acids is 1. The van der Waals surface area contributed by atoms with Crippen molar-refractivity contribution in [2.24, 2.45) is 11.1 Å². The quantitative estimate of drug-likeness (QED) is 0.429. The predicted molar refractivity (Wildman–Crippen MR) is 130 cm³/mol. The summed E-state index contributed by atoms with van der Waals surface area (Å²) in [5, 5.41) is -0.194. The molecule has 3 heterocycles. The fraction of sp³-hybridized carbons (Fsp3) is 0.308. The lowest BCUT2D eigenvalue weighted by Crippen LogP contribution is -2.43. The smallest absolute Gasteiger partial charge is 0.268 e. The van der Waals surface area contributed by atoms with Gasteiger partial charge in [-0.25, -0.2) is 15.0 Å². The number of allylic oxidation sites excluding steroid dienone is 1. The Kier molecular flexibility index (Phi) is 5.60. The van der Waals surface area contributed by atoms with Crippen molar-refractivity contribution in [3.8, 4) is 11.1 Å². The molecule has 174 valence electrons. The molecule has 34 heavy (non-hydrogen) atoms. The van der Waals surface area contributed by atoms with E-state index in [1.807, 2.05) is 0 Å². The Labute approximate surface area is 202 Å². The molecule has 6 nitrogen and oxygen atoms in total. The number of carbonyl (C=O) groups is 1. The molecule has 0 unspecified atom stereocenters. The van der Waals surface area contributed by atoms with Gasteiger partial charge in [-0.3, -0.25) is 4.79 Å². The zero-order valence-electron chi connectivity index (χ0n) is 18.9. The van der Waals surface area contributed by atoms with E-state index in [1.165, 1.54) is 23.4 Å². The standard InChI is InChI=1S/C26H25ClFN5O/c1-3-19-17-7-5-4-6-16(17)14-26(19)9-12-33(13-10-26)25-31-15(2)20(22(32-25)24(29)34)18-8-11-30-23(28)21(18)27/h3-8,11,19H,1,9-10,12-14H2,2H3,(H2,29,34)/t19-/m1/s1. The van der Waals surface area contributed by atoms with Gasteiger partial charge in [-0.2, -0.15) is 4.39 Å². The van der Waals surface area contributed by atoms with Crippen LogP contribution in [0.1, 0.15) is 46.1 Å². The molecule has 5 rings (SSSR count). The zero-order valence-corrected chi connectivity index (χ0v) is 19.6. The van der Waals surface area contributed by atoms with Crippen LogP contribution in [0.2, 0.25) is 5.02 Å². The number of rotatable bonds is 4. The summed E-state index contributed by atoms with van der Waals surface area (Å²) in [5.41, 5.74) is 9.72. The Bertz CT molecular complexity index is 1300. The largest absolute Gasteiger partial charge is 0.364 e. The molecule has 2 aromatic heterocycles. The van der Waals surface area contributed by atoms with Crippen LogP contribution >= 0.6 is 11.6 Å². The molecule has 1 amide bonds. The van der Waals surface area contributed by atoms with Crippen LogP contribution in [-0.2, 0) is 6.42 Å². The molecule has 1 aliphatic carbocycles. The van der Waals surface area contributed by atoms with Gasteiger partial charge in [0.25, 0.3) is 5.91 Å². The highest BCUT2D eigenvalue weighted by Crippen LogP contribution is 2.54. The Morgan fingerprint density at radius 1 is 1.26 bits per heavy atom. The number of anilines is 1. The number of benzene rings is 1. The average Bonchev–Trinajstić information content (AvgIpc) is 3.13. The number of pyridine rings is 1. The van der Waals surface area contributed by atoms with Gasteiger partial charge in [0.15, 0.2) is 0 Å². The van der Waals surface area contributed by atoms with Gasteiger partial charge in [0.05, 0.1) is 5.69 Å². The monoisotopic (exact) mass is 477 g/mol. The van der Waals surface area contributed by atoms with Crippen molar-refractivity contribution in [2.75, 3.05) is 18.0 Å². The SMILES string of the molecule is C=C[C@@H]1c2ccccc2CC12CCN(c1nc(C)c(-c3ccnc(F)c3Cl)c(C(N)=O)n1)CC2. The number of hydrogen-bond donors (Lipinski definition) is 1. The van der Waals surface area contributed by atoms with Gasteiger partial charge >= 0.3 is 0 Å².